The quantitative estimate of drug-likeness (QED) is 0.800. The maximum Gasteiger partial charge on any atom is 0.0991 e. The molecule has 0 saturated carbocycles. The Bertz CT molecular complexity index is 739. The van der Waals surface area contributed by atoms with Gasteiger partial charge in [0.1, 0.15) is 0 Å². The Morgan fingerprint density at radius 1 is 1.29 bits per heavy atom. The van der Waals surface area contributed by atoms with Crippen LogP contribution in [0.25, 0.3) is 16.8 Å². The topological polar surface area (TPSA) is 39.6 Å². The molecule has 0 amide bonds. The maximum absolute atomic E-state index is 8.89. The number of hydrogen-bond donors (Lipinski definition) is 1. The third kappa shape index (κ3) is 2.29. The molecule has 0 bridgehead atoms. The molecule has 106 valence electrons. The minimum Gasteiger partial charge on any atom is -0.358 e. The van der Waals surface area contributed by atoms with Crippen LogP contribution in [-0.2, 0) is 0 Å². The molecule has 1 aliphatic carbocycles. The average molecular weight is 276 g/mol. The minimum atomic E-state index is 0.547. The summed E-state index contributed by atoms with van der Waals surface area (Å²) in [6, 6.07) is 12.2. The van der Waals surface area contributed by atoms with E-state index in [1.165, 1.54) is 16.8 Å². The minimum absolute atomic E-state index is 0.547. The van der Waals surface area contributed by atoms with E-state index in [0.29, 0.717) is 11.5 Å². The number of fused-ring (bicyclic) bond motifs is 1. The second kappa shape index (κ2) is 5.26. The number of nitriles is 1. The van der Waals surface area contributed by atoms with Crippen LogP contribution < -0.4 is 0 Å². The lowest BCUT2D eigenvalue weighted by Gasteiger charge is -2.23. The van der Waals surface area contributed by atoms with Crippen LogP contribution in [0.3, 0.4) is 0 Å². The van der Waals surface area contributed by atoms with Crippen LogP contribution in [0, 0.1) is 11.3 Å². The Hall–Kier alpha value is -2.27. The Labute approximate surface area is 126 Å². The van der Waals surface area contributed by atoms with Crippen LogP contribution in [0.2, 0.25) is 0 Å². The molecular formula is C19H20N2. The molecular weight excluding hydrogens is 256 g/mol. The number of allylic oxidation sites excluding steroid dienone is 2. The highest BCUT2D eigenvalue weighted by Gasteiger charge is 2.23. The second-order valence-corrected chi connectivity index (χ2v) is 5.89. The van der Waals surface area contributed by atoms with Crippen molar-refractivity contribution in [3.63, 3.8) is 0 Å². The van der Waals surface area contributed by atoms with Crippen molar-refractivity contribution in [1.29, 1.82) is 5.26 Å². The molecule has 21 heavy (non-hydrogen) atoms. The van der Waals surface area contributed by atoms with Crippen LogP contribution in [0.4, 0.5) is 0 Å². The van der Waals surface area contributed by atoms with Crippen molar-refractivity contribution in [2.45, 2.75) is 39.5 Å². The van der Waals surface area contributed by atoms with Gasteiger partial charge in [-0.3, -0.25) is 0 Å². The third-order valence-electron chi connectivity index (χ3n) is 4.58. The van der Waals surface area contributed by atoms with Crippen LogP contribution in [0.1, 0.15) is 56.4 Å². The summed E-state index contributed by atoms with van der Waals surface area (Å²) >= 11 is 0. The first-order valence-corrected chi connectivity index (χ1v) is 7.56. The summed E-state index contributed by atoms with van der Waals surface area (Å²) in [4.78, 5) is 3.60. The van der Waals surface area contributed by atoms with Crippen molar-refractivity contribution in [2.75, 3.05) is 0 Å². The second-order valence-electron chi connectivity index (χ2n) is 5.89. The number of rotatable bonds is 2. The molecule has 0 aliphatic heterocycles. The highest BCUT2D eigenvalue weighted by atomic mass is 14.7. The fraction of sp³-hybridized carbons (Fsp3) is 0.316. The molecule has 3 rings (SSSR count). The van der Waals surface area contributed by atoms with Gasteiger partial charge in [-0.2, -0.15) is 5.26 Å². The molecule has 1 aliphatic rings. The molecule has 1 aromatic heterocycles. The number of aromatic nitrogens is 1. The lowest BCUT2D eigenvalue weighted by atomic mass is 9.83. The number of aromatic amines is 1. The van der Waals surface area contributed by atoms with E-state index >= 15 is 0 Å². The molecule has 0 radical (unpaired) electrons. The summed E-state index contributed by atoms with van der Waals surface area (Å²) < 4.78 is 0. The monoisotopic (exact) mass is 276 g/mol. The first-order valence-electron chi connectivity index (χ1n) is 7.56. The predicted molar refractivity (Wildman–Crippen MR) is 86.9 cm³/mol. The van der Waals surface area contributed by atoms with Gasteiger partial charge in [-0.25, -0.2) is 0 Å². The van der Waals surface area contributed by atoms with E-state index in [4.69, 9.17) is 5.26 Å². The maximum atomic E-state index is 8.89. The Morgan fingerprint density at radius 2 is 2.00 bits per heavy atom. The fourth-order valence-corrected chi connectivity index (χ4v) is 3.27. The summed E-state index contributed by atoms with van der Waals surface area (Å²) in [7, 11) is 0. The van der Waals surface area contributed by atoms with Gasteiger partial charge in [0.2, 0.25) is 0 Å². The zero-order chi connectivity index (χ0) is 15.0. The molecule has 1 aromatic carbocycles. The zero-order valence-electron chi connectivity index (χ0n) is 12.8. The van der Waals surface area contributed by atoms with E-state index < -0.39 is 0 Å². The summed E-state index contributed by atoms with van der Waals surface area (Å²) in [5.74, 6) is 0.547. The Kier molecular flexibility index (Phi) is 3.43. The highest BCUT2D eigenvalue weighted by Crippen LogP contribution is 2.41. The van der Waals surface area contributed by atoms with Crippen LogP contribution in [0.15, 0.2) is 35.9 Å². The van der Waals surface area contributed by atoms with E-state index in [1.807, 2.05) is 24.3 Å². The molecule has 1 heterocycles. The lowest BCUT2D eigenvalue weighted by Crippen LogP contribution is -2.06. The zero-order valence-corrected chi connectivity index (χ0v) is 12.8. The number of benzene rings is 1. The molecule has 1 atom stereocenters. The van der Waals surface area contributed by atoms with Gasteiger partial charge < -0.3 is 4.98 Å². The molecule has 0 saturated heterocycles. The number of nitrogens with zero attached hydrogens (tertiary/aromatic N) is 1. The molecule has 1 N–H and O–H groups in total. The highest BCUT2D eigenvalue weighted by molar-refractivity contribution is 5.76. The largest absolute Gasteiger partial charge is 0.358 e. The summed E-state index contributed by atoms with van der Waals surface area (Å²) in [5, 5.41) is 8.89. The van der Waals surface area contributed by atoms with Crippen LogP contribution in [-0.4, -0.2) is 4.98 Å². The van der Waals surface area contributed by atoms with Crippen molar-refractivity contribution in [2.24, 2.45) is 0 Å². The van der Waals surface area contributed by atoms with E-state index in [1.54, 1.807) is 5.57 Å². The van der Waals surface area contributed by atoms with Gasteiger partial charge in [0, 0.05) is 17.3 Å². The van der Waals surface area contributed by atoms with Gasteiger partial charge in [-0.15, -0.1) is 0 Å². The normalized spacial score (nSPS) is 17.5. The Balaban J connectivity index is 2.06. The molecule has 2 aromatic rings. The van der Waals surface area contributed by atoms with Gasteiger partial charge in [0.15, 0.2) is 0 Å². The van der Waals surface area contributed by atoms with E-state index in [-0.39, 0.29) is 0 Å². The fourth-order valence-electron chi connectivity index (χ4n) is 3.27. The van der Waals surface area contributed by atoms with Crippen molar-refractivity contribution in [3.05, 3.63) is 52.7 Å². The van der Waals surface area contributed by atoms with Crippen molar-refractivity contribution < 1.29 is 0 Å². The van der Waals surface area contributed by atoms with E-state index in [0.717, 1.165) is 24.1 Å². The predicted octanol–water partition coefficient (Wildman–Crippen LogP) is 5.24. The Morgan fingerprint density at radius 3 is 2.62 bits per heavy atom. The van der Waals surface area contributed by atoms with Crippen LogP contribution >= 0.6 is 0 Å². The molecule has 2 nitrogen and oxygen atoms in total. The first-order chi connectivity index (χ1) is 10.1. The van der Waals surface area contributed by atoms with E-state index in [2.05, 4.69) is 37.9 Å². The van der Waals surface area contributed by atoms with E-state index in [9.17, 15) is 0 Å². The lowest BCUT2D eigenvalue weighted by molar-refractivity contribution is 0.699. The number of H-pyrrole nitrogens is 1. The molecule has 2 heteroatoms. The summed E-state index contributed by atoms with van der Waals surface area (Å²) in [6.07, 6.45) is 2.29. The van der Waals surface area contributed by atoms with Gasteiger partial charge in [-0.05, 0) is 54.7 Å². The average Bonchev–Trinajstić information content (AvgIpc) is 2.97. The van der Waals surface area contributed by atoms with Gasteiger partial charge >= 0.3 is 0 Å². The van der Waals surface area contributed by atoms with Crippen LogP contribution in [0.5, 0.6) is 0 Å². The van der Waals surface area contributed by atoms with Gasteiger partial charge in [0.25, 0.3) is 0 Å². The standard InChI is InChI=1S/C19H20N2/c1-4-15-9-12(2)19-17(13(15)3)10-18(21-19)16-7-5-14(11-20)6-8-16/h5-8,10,12,21H,4,9H2,1-3H3. The third-order valence-corrected chi connectivity index (χ3v) is 4.58. The summed E-state index contributed by atoms with van der Waals surface area (Å²) in [5.41, 5.74) is 8.71. The first kappa shape index (κ1) is 13.7. The SMILES string of the molecule is CCC1=C(C)c2cc(-c3ccc(C#N)cc3)[nH]c2C(C)C1. The van der Waals surface area contributed by atoms with Crippen molar-refractivity contribution in [3.8, 4) is 17.3 Å². The molecule has 1 unspecified atom stereocenters. The molecule has 0 spiro atoms. The summed E-state index contributed by atoms with van der Waals surface area (Å²) in [6.45, 7) is 6.77. The van der Waals surface area contributed by atoms with Gasteiger partial charge in [-0.1, -0.05) is 31.6 Å². The molecule has 0 fully saturated rings. The van der Waals surface area contributed by atoms with Gasteiger partial charge in [0.05, 0.1) is 11.6 Å². The van der Waals surface area contributed by atoms with Crippen molar-refractivity contribution in [1.82, 2.24) is 4.98 Å². The van der Waals surface area contributed by atoms with Crippen molar-refractivity contribution >= 4 is 5.57 Å². The number of nitrogens with one attached hydrogen (secondary N) is 1. The smallest absolute Gasteiger partial charge is 0.0991 e. The number of hydrogen-bond acceptors (Lipinski definition) is 1.